The van der Waals surface area contributed by atoms with Crippen LogP contribution in [0.1, 0.15) is 48.5 Å². The van der Waals surface area contributed by atoms with Crippen LogP contribution in [0.4, 0.5) is 13.2 Å². The van der Waals surface area contributed by atoms with Crippen LogP contribution < -0.4 is 15.4 Å². The Hall–Kier alpha value is -5.27. The predicted molar refractivity (Wildman–Crippen MR) is 172 cm³/mol. The quantitative estimate of drug-likeness (QED) is 0.204. The second-order valence-electron chi connectivity index (χ2n) is 11.9. The van der Waals surface area contributed by atoms with Crippen LogP contribution in [0.2, 0.25) is 0 Å². The van der Waals surface area contributed by atoms with Crippen LogP contribution >= 0.6 is 0 Å². The van der Waals surface area contributed by atoms with Crippen LogP contribution in [0.5, 0.6) is 11.6 Å². The van der Waals surface area contributed by atoms with Crippen molar-refractivity contribution in [1.29, 1.82) is 0 Å². The molecule has 6 rings (SSSR count). The molecule has 1 fully saturated rings. The third kappa shape index (κ3) is 7.32. The smallest absolute Gasteiger partial charge is 0.397 e. The van der Waals surface area contributed by atoms with E-state index in [9.17, 15) is 22.8 Å². The van der Waals surface area contributed by atoms with Crippen LogP contribution in [0.15, 0.2) is 72.5 Å². The standard InChI is InChI=1S/C34H35F3N8O3/c1-3-29(46)39-18-21-10-14-45(15-11-21)27-7-6-24(17-26(27)34(35,36)37)41-32(47)23-5-4-20(2)28(16-23)48-33-25-19-40-44-31(25)42-30(43-33)22-8-12-38-13-9-22/h4-9,12-13,16,19,21,26H,3,10-11,14-15,17-18H2,1-2H3,(H,39,46)(H,41,47)(H,40,42,43,44). The zero-order valence-corrected chi connectivity index (χ0v) is 26.5. The Morgan fingerprint density at radius 1 is 1.08 bits per heavy atom. The molecule has 11 nitrogen and oxygen atoms in total. The molecule has 2 amide bonds. The number of pyridine rings is 1. The van der Waals surface area contributed by atoms with Gasteiger partial charge in [-0.3, -0.25) is 19.7 Å². The highest BCUT2D eigenvalue weighted by atomic mass is 19.4. The van der Waals surface area contributed by atoms with Gasteiger partial charge in [0.15, 0.2) is 11.5 Å². The summed E-state index contributed by atoms with van der Waals surface area (Å²) in [4.78, 5) is 39.9. The number of H-pyrrole nitrogens is 1. The highest BCUT2D eigenvalue weighted by molar-refractivity contribution is 5.96. The molecule has 1 aliphatic carbocycles. The van der Waals surface area contributed by atoms with E-state index >= 15 is 0 Å². The van der Waals surface area contributed by atoms with Gasteiger partial charge >= 0.3 is 6.18 Å². The van der Waals surface area contributed by atoms with Gasteiger partial charge in [0.05, 0.1) is 6.20 Å². The van der Waals surface area contributed by atoms with Crippen LogP contribution in [-0.2, 0) is 4.79 Å². The number of piperidine rings is 1. The lowest BCUT2D eigenvalue weighted by molar-refractivity contribution is -0.169. The maximum atomic E-state index is 14.3. The first-order valence-corrected chi connectivity index (χ1v) is 15.8. The van der Waals surface area contributed by atoms with Crippen molar-refractivity contribution in [2.45, 2.75) is 45.7 Å². The summed E-state index contributed by atoms with van der Waals surface area (Å²) in [6.07, 6.45) is 4.67. The van der Waals surface area contributed by atoms with Crippen molar-refractivity contribution >= 4 is 22.8 Å². The molecule has 4 heterocycles. The number of aryl methyl sites for hydroxylation is 1. The molecule has 1 saturated heterocycles. The third-order valence-electron chi connectivity index (χ3n) is 8.66. The Morgan fingerprint density at radius 2 is 1.85 bits per heavy atom. The third-order valence-corrected chi connectivity index (χ3v) is 8.66. The molecule has 3 aromatic heterocycles. The molecule has 250 valence electrons. The van der Waals surface area contributed by atoms with Gasteiger partial charge in [-0.25, -0.2) is 4.98 Å². The lowest BCUT2D eigenvalue weighted by Gasteiger charge is -2.40. The lowest BCUT2D eigenvalue weighted by Crippen LogP contribution is -2.43. The van der Waals surface area contributed by atoms with E-state index in [0.29, 0.717) is 72.6 Å². The fourth-order valence-corrected chi connectivity index (χ4v) is 5.86. The molecule has 1 aromatic carbocycles. The van der Waals surface area contributed by atoms with Crippen LogP contribution in [0.25, 0.3) is 22.4 Å². The number of carbonyl (C=O) groups excluding carboxylic acids is 2. The molecule has 1 atom stereocenters. The molecule has 1 unspecified atom stereocenters. The minimum absolute atomic E-state index is 0.0318. The highest BCUT2D eigenvalue weighted by Crippen LogP contribution is 2.41. The summed E-state index contributed by atoms with van der Waals surface area (Å²) in [6.45, 7) is 5.05. The summed E-state index contributed by atoms with van der Waals surface area (Å²) in [5.41, 5.74) is 2.46. The van der Waals surface area contributed by atoms with Crippen molar-refractivity contribution in [3.63, 3.8) is 0 Å². The maximum absolute atomic E-state index is 14.3. The van der Waals surface area contributed by atoms with Crippen molar-refractivity contribution in [2.24, 2.45) is 11.8 Å². The topological polar surface area (TPSA) is 138 Å². The van der Waals surface area contributed by atoms with Gasteiger partial charge in [0.25, 0.3) is 5.91 Å². The van der Waals surface area contributed by atoms with E-state index in [4.69, 9.17) is 4.74 Å². The maximum Gasteiger partial charge on any atom is 0.397 e. The van der Waals surface area contributed by atoms with Gasteiger partial charge in [-0.1, -0.05) is 13.0 Å². The number of carbonyl (C=O) groups is 2. The first-order valence-electron chi connectivity index (χ1n) is 15.8. The number of nitrogens with one attached hydrogen (secondary N) is 3. The van der Waals surface area contributed by atoms with E-state index in [1.807, 2.05) is 6.92 Å². The van der Waals surface area contributed by atoms with E-state index in [1.54, 1.807) is 54.6 Å². The number of hydrogen-bond donors (Lipinski definition) is 3. The van der Waals surface area contributed by atoms with Gasteiger partial charge in [0, 0.05) is 67.4 Å². The van der Waals surface area contributed by atoms with Gasteiger partial charge < -0.3 is 20.3 Å². The van der Waals surface area contributed by atoms with Crippen LogP contribution in [-0.4, -0.2) is 67.7 Å². The molecule has 0 spiro atoms. The van der Waals surface area contributed by atoms with E-state index in [-0.39, 0.29) is 41.1 Å². The van der Waals surface area contributed by atoms with E-state index < -0.39 is 18.0 Å². The number of rotatable bonds is 9. The average Bonchev–Trinajstić information content (AvgIpc) is 3.58. The molecule has 48 heavy (non-hydrogen) atoms. The number of benzene rings is 1. The zero-order valence-electron chi connectivity index (χ0n) is 26.5. The predicted octanol–water partition coefficient (Wildman–Crippen LogP) is 5.83. The normalized spacial score (nSPS) is 17.1. The molecular formula is C34H35F3N8O3. The fraction of sp³-hybridized carbons (Fsp3) is 0.353. The summed E-state index contributed by atoms with van der Waals surface area (Å²) < 4.78 is 49.2. The molecule has 0 saturated carbocycles. The van der Waals surface area contributed by atoms with E-state index in [2.05, 4.69) is 35.8 Å². The first-order chi connectivity index (χ1) is 23.1. The average molecular weight is 661 g/mol. The van der Waals surface area contributed by atoms with Crippen molar-refractivity contribution in [1.82, 2.24) is 40.7 Å². The van der Waals surface area contributed by atoms with Gasteiger partial charge in [-0.05, 0) is 67.7 Å². The lowest BCUT2D eigenvalue weighted by atomic mass is 9.89. The monoisotopic (exact) mass is 660 g/mol. The Labute approximate surface area is 274 Å². The number of ether oxygens (including phenoxy) is 1. The van der Waals surface area contributed by atoms with Crippen LogP contribution in [0, 0.1) is 18.8 Å². The Morgan fingerprint density at radius 3 is 2.58 bits per heavy atom. The molecule has 14 heteroatoms. The second-order valence-corrected chi connectivity index (χ2v) is 11.9. The summed E-state index contributed by atoms with van der Waals surface area (Å²) in [5.74, 6) is -1.18. The summed E-state index contributed by atoms with van der Waals surface area (Å²) in [6, 6.07) is 8.34. The SMILES string of the molecule is CCC(=O)NCC1CCN(C2=CC=C(NC(=O)c3ccc(C)c(Oc4nc(-c5ccncc5)nc5[nH]ncc45)c3)CC2C(F)(F)F)CC1. The number of aromatic amines is 1. The Balaban J connectivity index is 1.17. The largest absolute Gasteiger partial charge is 0.438 e. The number of aromatic nitrogens is 5. The number of likely N-dealkylation sites (tertiary alicyclic amines) is 1. The molecule has 1 aliphatic heterocycles. The summed E-state index contributed by atoms with van der Waals surface area (Å²) in [7, 11) is 0. The highest BCUT2D eigenvalue weighted by Gasteiger charge is 2.45. The number of alkyl halides is 3. The molecule has 0 radical (unpaired) electrons. The minimum atomic E-state index is -4.50. The number of hydrogen-bond acceptors (Lipinski definition) is 8. The zero-order chi connectivity index (χ0) is 33.8. The van der Waals surface area contributed by atoms with Gasteiger partial charge in [-0.2, -0.15) is 23.3 Å². The molecule has 3 N–H and O–H groups in total. The molecule has 0 bridgehead atoms. The van der Waals surface area contributed by atoms with Crippen molar-refractivity contribution in [2.75, 3.05) is 19.6 Å². The van der Waals surface area contributed by atoms with Gasteiger partial charge in [-0.15, -0.1) is 0 Å². The van der Waals surface area contributed by atoms with Crippen molar-refractivity contribution in [3.05, 3.63) is 83.6 Å². The molecular weight excluding hydrogens is 625 g/mol. The summed E-state index contributed by atoms with van der Waals surface area (Å²) >= 11 is 0. The van der Waals surface area contributed by atoms with E-state index in [1.165, 1.54) is 18.3 Å². The fourth-order valence-electron chi connectivity index (χ4n) is 5.86. The first kappa shape index (κ1) is 32.7. The number of allylic oxidation sites excluding steroid dienone is 4. The van der Waals surface area contributed by atoms with E-state index in [0.717, 1.165) is 0 Å². The minimum Gasteiger partial charge on any atom is -0.438 e. The Bertz CT molecular complexity index is 1860. The van der Waals surface area contributed by atoms with Gasteiger partial charge in [0.2, 0.25) is 11.8 Å². The molecule has 2 aliphatic rings. The number of nitrogens with zero attached hydrogens (tertiary/aromatic N) is 5. The van der Waals surface area contributed by atoms with Crippen molar-refractivity contribution in [3.8, 4) is 23.0 Å². The number of fused-ring (bicyclic) bond motifs is 1. The van der Waals surface area contributed by atoms with Gasteiger partial charge in [0.1, 0.15) is 17.1 Å². The Kier molecular flexibility index (Phi) is 9.42. The molecule has 4 aromatic rings. The second kappa shape index (κ2) is 13.8. The summed E-state index contributed by atoms with van der Waals surface area (Å²) in [5, 5.41) is 13.0. The van der Waals surface area contributed by atoms with Crippen LogP contribution in [0.3, 0.4) is 0 Å². The number of halogens is 3. The number of amides is 2. The van der Waals surface area contributed by atoms with Crippen molar-refractivity contribution < 1.29 is 27.5 Å².